The molecule has 2 aromatic carbocycles. The third-order valence-corrected chi connectivity index (χ3v) is 6.91. The van der Waals surface area contributed by atoms with E-state index >= 15 is 0 Å². The predicted octanol–water partition coefficient (Wildman–Crippen LogP) is 2.41. The van der Waals surface area contributed by atoms with E-state index in [0.717, 1.165) is 6.42 Å². The highest BCUT2D eigenvalue weighted by atomic mass is 32.2. The molecule has 0 aromatic heterocycles. The second-order valence-corrected chi connectivity index (χ2v) is 9.19. The number of benzene rings is 2. The Morgan fingerprint density at radius 3 is 2.45 bits per heavy atom. The first-order chi connectivity index (χ1) is 14.8. The second-order valence-electron chi connectivity index (χ2n) is 7.25. The number of carbonyl (C=O) groups excluding carboxylic acids is 2. The molecule has 1 fully saturated rings. The fourth-order valence-electron chi connectivity index (χ4n) is 3.26. The van der Waals surface area contributed by atoms with Gasteiger partial charge in [0, 0.05) is 25.2 Å². The van der Waals surface area contributed by atoms with Crippen molar-refractivity contribution < 1.29 is 22.7 Å². The number of aryl methyl sites for hydroxylation is 1. The molecule has 1 aliphatic rings. The summed E-state index contributed by atoms with van der Waals surface area (Å²) in [5.41, 5.74) is 1.57. The molecule has 3 rings (SSSR count). The Morgan fingerprint density at radius 2 is 1.74 bits per heavy atom. The minimum Gasteiger partial charge on any atom is -0.379 e. The summed E-state index contributed by atoms with van der Waals surface area (Å²) in [6.45, 7) is 5.46. The standard InChI is InChI=1S/C22H27N3O5S/c1-3-10-23-21(26)18-6-4-5-7-20(18)24-22(27)19-15-17(9-8-16(19)2)31(28,29)25-11-13-30-14-12-25/h4-9,15H,3,10-14H2,1-2H3,(H,23,26)(H,24,27). The summed E-state index contributed by atoms with van der Waals surface area (Å²) in [6, 6.07) is 11.2. The summed E-state index contributed by atoms with van der Waals surface area (Å²) in [5, 5.41) is 5.55. The van der Waals surface area contributed by atoms with Gasteiger partial charge >= 0.3 is 0 Å². The van der Waals surface area contributed by atoms with Crippen LogP contribution in [0.2, 0.25) is 0 Å². The zero-order chi connectivity index (χ0) is 22.4. The number of morpholine rings is 1. The number of hydrogen-bond acceptors (Lipinski definition) is 5. The molecule has 0 unspecified atom stereocenters. The molecule has 9 heteroatoms. The van der Waals surface area contributed by atoms with E-state index in [2.05, 4.69) is 10.6 Å². The number of rotatable bonds is 7. The highest BCUT2D eigenvalue weighted by Gasteiger charge is 2.27. The van der Waals surface area contributed by atoms with E-state index in [4.69, 9.17) is 4.74 Å². The van der Waals surface area contributed by atoms with E-state index in [1.807, 2.05) is 6.92 Å². The van der Waals surface area contributed by atoms with Gasteiger partial charge in [-0.2, -0.15) is 4.31 Å². The Hall–Kier alpha value is -2.75. The number of para-hydroxylation sites is 1. The Morgan fingerprint density at radius 1 is 1.03 bits per heavy atom. The van der Waals surface area contributed by atoms with Crippen LogP contribution in [0.5, 0.6) is 0 Å². The van der Waals surface area contributed by atoms with E-state index in [1.165, 1.54) is 16.4 Å². The van der Waals surface area contributed by atoms with Crippen LogP contribution in [0.4, 0.5) is 5.69 Å². The number of nitrogens with zero attached hydrogens (tertiary/aromatic N) is 1. The van der Waals surface area contributed by atoms with Gasteiger partial charge in [0.05, 0.1) is 29.4 Å². The molecule has 8 nitrogen and oxygen atoms in total. The maximum absolute atomic E-state index is 13.0. The average Bonchev–Trinajstić information content (AvgIpc) is 2.78. The molecule has 0 aliphatic carbocycles. The number of anilines is 1. The van der Waals surface area contributed by atoms with Crippen LogP contribution in [0.25, 0.3) is 0 Å². The number of hydrogen-bond donors (Lipinski definition) is 2. The highest BCUT2D eigenvalue weighted by Crippen LogP contribution is 2.22. The summed E-state index contributed by atoms with van der Waals surface area (Å²) in [4.78, 5) is 25.5. The first-order valence-corrected chi connectivity index (χ1v) is 11.7. The van der Waals surface area contributed by atoms with Gasteiger partial charge in [-0.3, -0.25) is 9.59 Å². The van der Waals surface area contributed by atoms with Crippen molar-refractivity contribution in [3.05, 3.63) is 59.2 Å². The number of amides is 2. The van der Waals surface area contributed by atoms with Crippen molar-refractivity contribution in [3.63, 3.8) is 0 Å². The topological polar surface area (TPSA) is 105 Å². The van der Waals surface area contributed by atoms with E-state index in [9.17, 15) is 18.0 Å². The molecule has 1 heterocycles. The van der Waals surface area contributed by atoms with Gasteiger partial charge in [0.1, 0.15) is 0 Å². The lowest BCUT2D eigenvalue weighted by atomic mass is 10.1. The normalized spacial score (nSPS) is 14.8. The predicted molar refractivity (Wildman–Crippen MR) is 118 cm³/mol. The largest absolute Gasteiger partial charge is 0.379 e. The lowest BCUT2D eigenvalue weighted by Gasteiger charge is -2.26. The van der Waals surface area contributed by atoms with Gasteiger partial charge in [-0.15, -0.1) is 0 Å². The fourth-order valence-corrected chi connectivity index (χ4v) is 4.69. The van der Waals surface area contributed by atoms with Crippen LogP contribution in [-0.2, 0) is 14.8 Å². The molecule has 2 amide bonds. The van der Waals surface area contributed by atoms with Gasteiger partial charge in [-0.05, 0) is 43.2 Å². The Balaban J connectivity index is 1.86. The minimum atomic E-state index is -3.73. The number of sulfonamides is 1. The van der Waals surface area contributed by atoms with Crippen LogP contribution >= 0.6 is 0 Å². The number of nitrogens with one attached hydrogen (secondary N) is 2. The van der Waals surface area contributed by atoms with E-state index in [1.54, 1.807) is 37.3 Å². The summed E-state index contributed by atoms with van der Waals surface area (Å²) < 4.78 is 32.5. The smallest absolute Gasteiger partial charge is 0.255 e. The summed E-state index contributed by atoms with van der Waals surface area (Å²) in [6.07, 6.45) is 0.796. The van der Waals surface area contributed by atoms with Crippen LogP contribution < -0.4 is 10.6 Å². The molecule has 0 saturated carbocycles. The van der Waals surface area contributed by atoms with Gasteiger partial charge in [0.25, 0.3) is 11.8 Å². The van der Waals surface area contributed by atoms with Crippen molar-refractivity contribution in [2.75, 3.05) is 38.2 Å². The molecule has 2 N–H and O–H groups in total. The van der Waals surface area contributed by atoms with Crippen molar-refractivity contribution in [1.29, 1.82) is 0 Å². The van der Waals surface area contributed by atoms with Crippen molar-refractivity contribution in [2.45, 2.75) is 25.2 Å². The van der Waals surface area contributed by atoms with Gasteiger partial charge in [-0.1, -0.05) is 25.1 Å². The molecule has 0 bridgehead atoms. The van der Waals surface area contributed by atoms with Crippen LogP contribution in [0.3, 0.4) is 0 Å². The maximum atomic E-state index is 13.0. The van der Waals surface area contributed by atoms with Crippen molar-refractivity contribution >= 4 is 27.5 Å². The molecule has 1 aliphatic heterocycles. The van der Waals surface area contributed by atoms with E-state index < -0.39 is 15.9 Å². The SMILES string of the molecule is CCCNC(=O)c1ccccc1NC(=O)c1cc(S(=O)(=O)N2CCOCC2)ccc1C. The Bertz CT molecular complexity index is 1060. The maximum Gasteiger partial charge on any atom is 0.255 e. The molecule has 0 atom stereocenters. The van der Waals surface area contributed by atoms with Crippen molar-refractivity contribution in [3.8, 4) is 0 Å². The zero-order valence-electron chi connectivity index (χ0n) is 17.7. The first-order valence-electron chi connectivity index (χ1n) is 10.2. The third-order valence-electron chi connectivity index (χ3n) is 5.02. The summed E-state index contributed by atoms with van der Waals surface area (Å²) in [5.74, 6) is -0.759. The third kappa shape index (κ3) is 5.30. The number of carbonyl (C=O) groups is 2. The molecule has 0 radical (unpaired) electrons. The zero-order valence-corrected chi connectivity index (χ0v) is 18.5. The first kappa shape index (κ1) is 22.9. The highest BCUT2D eigenvalue weighted by molar-refractivity contribution is 7.89. The van der Waals surface area contributed by atoms with Crippen LogP contribution in [0.1, 0.15) is 39.6 Å². The lowest BCUT2D eigenvalue weighted by Crippen LogP contribution is -2.40. The molecule has 31 heavy (non-hydrogen) atoms. The molecule has 0 spiro atoms. The van der Waals surface area contributed by atoms with Crippen molar-refractivity contribution in [1.82, 2.24) is 9.62 Å². The van der Waals surface area contributed by atoms with Gasteiger partial charge in [0.15, 0.2) is 0 Å². The van der Waals surface area contributed by atoms with E-state index in [-0.39, 0.29) is 29.5 Å². The van der Waals surface area contributed by atoms with Gasteiger partial charge < -0.3 is 15.4 Å². The van der Waals surface area contributed by atoms with Crippen LogP contribution in [0.15, 0.2) is 47.4 Å². The summed E-state index contributed by atoms with van der Waals surface area (Å²) in [7, 11) is -3.73. The van der Waals surface area contributed by atoms with E-state index in [0.29, 0.717) is 36.6 Å². The molecular formula is C22H27N3O5S. The van der Waals surface area contributed by atoms with Crippen LogP contribution in [-0.4, -0.2) is 57.4 Å². The van der Waals surface area contributed by atoms with Crippen LogP contribution in [0, 0.1) is 6.92 Å². The lowest BCUT2D eigenvalue weighted by molar-refractivity contribution is 0.0730. The monoisotopic (exact) mass is 445 g/mol. The molecule has 166 valence electrons. The average molecular weight is 446 g/mol. The molecule has 2 aromatic rings. The quantitative estimate of drug-likeness (QED) is 0.681. The minimum absolute atomic E-state index is 0.0547. The number of ether oxygens (including phenoxy) is 1. The van der Waals surface area contributed by atoms with Gasteiger partial charge in [0.2, 0.25) is 10.0 Å². The van der Waals surface area contributed by atoms with Gasteiger partial charge in [-0.25, -0.2) is 8.42 Å². The summed E-state index contributed by atoms with van der Waals surface area (Å²) >= 11 is 0. The fraction of sp³-hybridized carbons (Fsp3) is 0.364. The Kier molecular flexibility index (Phi) is 7.42. The molecule has 1 saturated heterocycles. The van der Waals surface area contributed by atoms with Crippen molar-refractivity contribution in [2.24, 2.45) is 0 Å². The second kappa shape index (κ2) is 10.0. The Labute approximate surface area is 182 Å². The molecular weight excluding hydrogens is 418 g/mol.